The highest BCUT2D eigenvalue weighted by Gasteiger charge is 2.15. The van der Waals surface area contributed by atoms with Gasteiger partial charge in [-0.3, -0.25) is 4.99 Å². The maximum Gasteiger partial charge on any atom is 0.223 e. The van der Waals surface area contributed by atoms with Crippen molar-refractivity contribution in [3.8, 4) is 0 Å². The molecule has 1 unspecified atom stereocenters. The van der Waals surface area contributed by atoms with Gasteiger partial charge in [0.1, 0.15) is 0 Å². The molecule has 0 radical (unpaired) electrons. The summed E-state index contributed by atoms with van der Waals surface area (Å²) in [4.78, 5) is 8.25. The molecule has 0 aromatic carbocycles. The maximum atomic E-state index is 5.69. The molecule has 0 amide bonds. The summed E-state index contributed by atoms with van der Waals surface area (Å²) in [6.07, 6.45) is 2.18. The number of halogens is 1. The molecule has 1 fully saturated rings. The molecule has 1 aromatic rings. The first-order valence-electron chi connectivity index (χ1n) is 7.21. The molecular weight excluding hydrogens is 401 g/mol. The van der Waals surface area contributed by atoms with E-state index in [1.807, 2.05) is 0 Å². The molecule has 0 spiro atoms. The van der Waals surface area contributed by atoms with Crippen LogP contribution in [0.25, 0.3) is 0 Å². The van der Waals surface area contributed by atoms with Gasteiger partial charge >= 0.3 is 0 Å². The van der Waals surface area contributed by atoms with E-state index in [-0.39, 0.29) is 30.1 Å². The molecule has 1 atom stereocenters. The van der Waals surface area contributed by atoms with Crippen LogP contribution >= 0.6 is 24.0 Å². The molecule has 2 N–H and O–H groups in total. The Kier molecular flexibility index (Phi) is 9.32. The summed E-state index contributed by atoms with van der Waals surface area (Å²) in [5, 5.41) is 10.2. The summed E-state index contributed by atoms with van der Waals surface area (Å²) in [6, 6.07) is 0. The van der Waals surface area contributed by atoms with E-state index >= 15 is 0 Å². The summed E-state index contributed by atoms with van der Waals surface area (Å²) < 4.78 is 15.9. The predicted molar refractivity (Wildman–Crippen MR) is 92.4 cm³/mol. The Balaban J connectivity index is 0.00000242. The van der Waals surface area contributed by atoms with Gasteiger partial charge in [-0.1, -0.05) is 5.16 Å². The van der Waals surface area contributed by atoms with Crippen molar-refractivity contribution in [2.24, 2.45) is 4.99 Å². The normalized spacial score (nSPS) is 18.1. The van der Waals surface area contributed by atoms with Crippen LogP contribution in [-0.2, 0) is 16.0 Å². The topological polar surface area (TPSA) is 93.8 Å². The number of aliphatic imine (C=N–C) groups is 1. The predicted octanol–water partition coefficient (Wildman–Crippen LogP) is 0.857. The van der Waals surface area contributed by atoms with Crippen molar-refractivity contribution in [1.29, 1.82) is 0 Å². The van der Waals surface area contributed by atoms with Crippen LogP contribution in [0.2, 0.25) is 0 Å². The number of hydrogen-bond donors (Lipinski definition) is 2. The first-order valence-corrected chi connectivity index (χ1v) is 7.21. The van der Waals surface area contributed by atoms with Gasteiger partial charge in [-0.15, -0.1) is 24.0 Å². The van der Waals surface area contributed by atoms with Crippen LogP contribution in [0.5, 0.6) is 0 Å². The average molecular weight is 425 g/mol. The van der Waals surface area contributed by atoms with E-state index in [1.165, 1.54) is 0 Å². The Bertz CT molecular complexity index is 449. The fourth-order valence-electron chi connectivity index (χ4n) is 1.97. The maximum absolute atomic E-state index is 5.69. The molecule has 0 bridgehead atoms. The number of guanidine groups is 1. The van der Waals surface area contributed by atoms with Gasteiger partial charge in [0.15, 0.2) is 11.8 Å². The van der Waals surface area contributed by atoms with Gasteiger partial charge in [-0.2, -0.15) is 4.98 Å². The Hall–Kier alpha value is -0.940. The number of nitrogens with zero attached hydrogens (tertiary/aromatic N) is 3. The summed E-state index contributed by atoms with van der Waals surface area (Å²) in [6.45, 7) is 5.29. The number of aryl methyl sites for hydroxylation is 1. The lowest BCUT2D eigenvalue weighted by atomic mass is 10.3. The van der Waals surface area contributed by atoms with E-state index < -0.39 is 0 Å². The van der Waals surface area contributed by atoms with E-state index in [0.29, 0.717) is 24.2 Å². The molecule has 0 aliphatic carbocycles. The van der Waals surface area contributed by atoms with Crippen LogP contribution in [0.1, 0.15) is 24.6 Å². The highest BCUT2D eigenvalue weighted by Crippen LogP contribution is 2.07. The summed E-state index contributed by atoms with van der Waals surface area (Å²) in [7, 11) is 1.73. The summed E-state index contributed by atoms with van der Waals surface area (Å²) >= 11 is 0. The zero-order valence-corrected chi connectivity index (χ0v) is 15.3. The third-order valence-electron chi connectivity index (χ3n) is 3.06. The molecule has 9 heteroatoms. The zero-order chi connectivity index (χ0) is 14.9. The summed E-state index contributed by atoms with van der Waals surface area (Å²) in [5.74, 6) is 1.88. The molecular formula is C13H24IN5O3. The van der Waals surface area contributed by atoms with Crippen molar-refractivity contribution in [2.45, 2.75) is 32.4 Å². The van der Waals surface area contributed by atoms with Crippen molar-refractivity contribution >= 4 is 29.9 Å². The fourth-order valence-corrected chi connectivity index (χ4v) is 1.97. The lowest BCUT2D eigenvalue weighted by Crippen LogP contribution is -2.37. The first-order chi connectivity index (χ1) is 10.3. The van der Waals surface area contributed by atoms with Gasteiger partial charge in [0.05, 0.1) is 19.3 Å². The van der Waals surface area contributed by atoms with Gasteiger partial charge in [0.25, 0.3) is 0 Å². The molecule has 1 aliphatic heterocycles. The average Bonchev–Trinajstić information content (AvgIpc) is 3.13. The van der Waals surface area contributed by atoms with E-state index in [9.17, 15) is 0 Å². The minimum absolute atomic E-state index is 0. The molecule has 1 aromatic heterocycles. The molecule has 2 heterocycles. The molecule has 0 saturated carbocycles. The van der Waals surface area contributed by atoms with Gasteiger partial charge < -0.3 is 24.6 Å². The van der Waals surface area contributed by atoms with Crippen molar-refractivity contribution in [2.75, 3.05) is 33.4 Å². The molecule has 2 rings (SSSR count). The quantitative estimate of drug-likeness (QED) is 0.290. The Labute approximate surface area is 147 Å². The highest BCUT2D eigenvalue weighted by molar-refractivity contribution is 14.0. The Morgan fingerprint density at radius 3 is 2.95 bits per heavy atom. The minimum atomic E-state index is 0. The Morgan fingerprint density at radius 2 is 2.32 bits per heavy atom. The monoisotopic (exact) mass is 425 g/mol. The number of rotatable bonds is 7. The molecule has 1 aliphatic rings. The minimum Gasteiger partial charge on any atom is -0.379 e. The molecule has 1 saturated heterocycles. The van der Waals surface area contributed by atoms with Crippen LogP contribution in [0.15, 0.2) is 9.52 Å². The zero-order valence-electron chi connectivity index (χ0n) is 13.0. The number of hydrogen-bond acceptors (Lipinski definition) is 6. The van der Waals surface area contributed by atoms with Crippen molar-refractivity contribution in [1.82, 2.24) is 20.8 Å². The highest BCUT2D eigenvalue weighted by atomic mass is 127. The lowest BCUT2D eigenvalue weighted by molar-refractivity contribution is 0.0420. The first kappa shape index (κ1) is 19.1. The second kappa shape index (κ2) is 10.7. The van der Waals surface area contributed by atoms with E-state index in [2.05, 4.69) is 25.8 Å². The van der Waals surface area contributed by atoms with E-state index in [0.717, 1.165) is 39.2 Å². The molecule has 22 heavy (non-hydrogen) atoms. The van der Waals surface area contributed by atoms with Crippen molar-refractivity contribution in [3.05, 3.63) is 11.7 Å². The molecule has 126 valence electrons. The van der Waals surface area contributed by atoms with Gasteiger partial charge in [0, 0.05) is 33.7 Å². The van der Waals surface area contributed by atoms with Crippen LogP contribution in [-0.4, -0.2) is 55.6 Å². The van der Waals surface area contributed by atoms with Gasteiger partial charge in [-0.05, 0) is 12.8 Å². The van der Waals surface area contributed by atoms with E-state index in [4.69, 9.17) is 14.0 Å². The smallest absolute Gasteiger partial charge is 0.223 e. The van der Waals surface area contributed by atoms with Crippen LogP contribution in [0, 0.1) is 6.92 Å². The summed E-state index contributed by atoms with van der Waals surface area (Å²) in [5.41, 5.74) is 0. The Morgan fingerprint density at radius 1 is 1.45 bits per heavy atom. The van der Waals surface area contributed by atoms with Crippen LogP contribution in [0.3, 0.4) is 0 Å². The number of ether oxygens (including phenoxy) is 2. The standard InChI is InChI=1S/C13H23N5O3.HI/c1-10-17-12(18-21-10)8-16-13(14-2)15-5-3-6-20-11-4-7-19-9-11;/h11H,3-9H2,1-2H3,(H2,14,15,16);1H. The molecule has 8 nitrogen and oxygen atoms in total. The number of nitrogens with one attached hydrogen (secondary N) is 2. The third-order valence-corrected chi connectivity index (χ3v) is 3.06. The third kappa shape index (κ3) is 6.88. The van der Waals surface area contributed by atoms with Gasteiger partial charge in [-0.25, -0.2) is 0 Å². The fraction of sp³-hybridized carbons (Fsp3) is 0.769. The second-order valence-corrected chi connectivity index (χ2v) is 4.79. The van der Waals surface area contributed by atoms with Crippen molar-refractivity contribution in [3.63, 3.8) is 0 Å². The van der Waals surface area contributed by atoms with E-state index in [1.54, 1.807) is 14.0 Å². The number of aromatic nitrogens is 2. The van der Waals surface area contributed by atoms with Crippen LogP contribution < -0.4 is 10.6 Å². The largest absolute Gasteiger partial charge is 0.379 e. The SMILES string of the molecule is CN=C(NCCCOC1CCOC1)NCc1noc(C)n1.I. The van der Waals surface area contributed by atoms with Crippen molar-refractivity contribution < 1.29 is 14.0 Å². The lowest BCUT2D eigenvalue weighted by Gasteiger charge is -2.12. The van der Waals surface area contributed by atoms with Crippen LogP contribution in [0.4, 0.5) is 0 Å². The second-order valence-electron chi connectivity index (χ2n) is 4.79. The van der Waals surface area contributed by atoms with Gasteiger partial charge in [0.2, 0.25) is 5.89 Å².